The van der Waals surface area contributed by atoms with Crippen LogP contribution < -0.4 is 4.90 Å². The molecule has 3 nitrogen and oxygen atoms in total. The number of halogens is 1. The Morgan fingerprint density at radius 2 is 1.67 bits per heavy atom. The monoisotopic (exact) mass is 319 g/mol. The van der Waals surface area contributed by atoms with E-state index in [2.05, 4.69) is 4.90 Å². The standard InChI is InChI=1S/C20H18FN3/c1-23-12-11-17-20(23)24(2)13-18(22-17)16-10-6-9-15(19(16)21)14-7-4-3-5-8-14/h3-12H,13H2,1-2H3. The van der Waals surface area contributed by atoms with Crippen molar-refractivity contribution in [2.45, 2.75) is 0 Å². The minimum absolute atomic E-state index is 0.213. The molecule has 0 fully saturated rings. The summed E-state index contributed by atoms with van der Waals surface area (Å²) < 4.78 is 17.2. The van der Waals surface area contributed by atoms with Gasteiger partial charge in [0.2, 0.25) is 0 Å². The summed E-state index contributed by atoms with van der Waals surface area (Å²) in [6, 6.07) is 17.1. The molecule has 0 radical (unpaired) electrons. The van der Waals surface area contributed by atoms with E-state index in [4.69, 9.17) is 4.99 Å². The second-order valence-corrected chi connectivity index (χ2v) is 6.08. The van der Waals surface area contributed by atoms with Crippen molar-refractivity contribution >= 4 is 17.2 Å². The van der Waals surface area contributed by atoms with E-state index in [1.807, 2.05) is 79.5 Å². The lowest BCUT2D eigenvalue weighted by Gasteiger charge is -2.26. The molecule has 0 bridgehead atoms. The summed E-state index contributed by atoms with van der Waals surface area (Å²) in [6.07, 6.45) is 1.98. The topological polar surface area (TPSA) is 20.5 Å². The Hall–Kier alpha value is -2.88. The number of aliphatic imine (C=N–C) groups is 1. The molecule has 4 heteroatoms. The molecular weight excluding hydrogens is 301 g/mol. The lowest BCUT2D eigenvalue weighted by atomic mass is 9.99. The Kier molecular flexibility index (Phi) is 3.45. The predicted molar refractivity (Wildman–Crippen MR) is 96.7 cm³/mol. The van der Waals surface area contributed by atoms with Crippen LogP contribution in [0.4, 0.5) is 15.9 Å². The molecule has 2 aromatic carbocycles. The molecule has 0 unspecified atom stereocenters. The number of rotatable bonds is 2. The van der Waals surface area contributed by atoms with Gasteiger partial charge in [0.05, 0.1) is 12.3 Å². The van der Waals surface area contributed by atoms with Crippen LogP contribution >= 0.6 is 0 Å². The number of anilines is 1. The molecule has 24 heavy (non-hydrogen) atoms. The van der Waals surface area contributed by atoms with Crippen molar-refractivity contribution in [2.75, 3.05) is 18.5 Å². The fourth-order valence-electron chi connectivity index (χ4n) is 3.28. The summed E-state index contributed by atoms with van der Waals surface area (Å²) in [5, 5.41) is 0. The van der Waals surface area contributed by atoms with E-state index in [1.54, 1.807) is 0 Å². The Balaban J connectivity index is 1.83. The summed E-state index contributed by atoms with van der Waals surface area (Å²) in [5.41, 5.74) is 3.69. The third kappa shape index (κ3) is 2.31. The van der Waals surface area contributed by atoms with Crippen LogP contribution in [0.1, 0.15) is 5.56 Å². The predicted octanol–water partition coefficient (Wildman–Crippen LogP) is 4.40. The van der Waals surface area contributed by atoms with Gasteiger partial charge in [-0.15, -0.1) is 0 Å². The van der Waals surface area contributed by atoms with Crippen LogP contribution in [0.15, 0.2) is 65.8 Å². The zero-order chi connectivity index (χ0) is 16.7. The highest BCUT2D eigenvalue weighted by atomic mass is 19.1. The summed E-state index contributed by atoms with van der Waals surface area (Å²) in [7, 11) is 4.00. The summed E-state index contributed by atoms with van der Waals surface area (Å²) in [6.45, 7) is 0.583. The summed E-state index contributed by atoms with van der Waals surface area (Å²) >= 11 is 0. The minimum atomic E-state index is -0.213. The van der Waals surface area contributed by atoms with Crippen LogP contribution in [-0.4, -0.2) is 23.9 Å². The van der Waals surface area contributed by atoms with E-state index in [1.165, 1.54) is 0 Å². The van der Waals surface area contributed by atoms with E-state index >= 15 is 4.39 Å². The van der Waals surface area contributed by atoms with E-state index in [0.29, 0.717) is 17.7 Å². The van der Waals surface area contributed by atoms with Gasteiger partial charge in [-0.1, -0.05) is 48.5 Å². The van der Waals surface area contributed by atoms with Crippen LogP contribution in [-0.2, 0) is 7.05 Å². The number of benzene rings is 2. The maximum absolute atomic E-state index is 15.1. The van der Waals surface area contributed by atoms with Crippen LogP contribution in [0.3, 0.4) is 0 Å². The van der Waals surface area contributed by atoms with E-state index in [9.17, 15) is 0 Å². The molecule has 120 valence electrons. The molecule has 0 saturated carbocycles. The van der Waals surface area contributed by atoms with Crippen molar-refractivity contribution in [3.63, 3.8) is 0 Å². The lowest BCUT2D eigenvalue weighted by molar-refractivity contribution is 0.628. The number of fused-ring (bicyclic) bond motifs is 1. The molecule has 0 aliphatic carbocycles. The second-order valence-electron chi connectivity index (χ2n) is 6.08. The molecular formula is C20H18FN3. The van der Waals surface area contributed by atoms with Gasteiger partial charge >= 0.3 is 0 Å². The SMILES string of the molecule is CN1CC(c2cccc(-c3ccccc3)c2F)=Nc2ccn(C)c21. The highest BCUT2D eigenvalue weighted by Gasteiger charge is 2.23. The first kappa shape index (κ1) is 14.7. The second kappa shape index (κ2) is 5.64. The number of aromatic nitrogens is 1. The summed E-state index contributed by atoms with van der Waals surface area (Å²) in [4.78, 5) is 6.80. The normalized spacial score (nSPS) is 13.6. The minimum Gasteiger partial charge on any atom is -0.353 e. The highest BCUT2D eigenvalue weighted by molar-refractivity contribution is 6.08. The molecule has 0 N–H and O–H groups in total. The fourth-order valence-corrected chi connectivity index (χ4v) is 3.28. The number of hydrogen-bond acceptors (Lipinski definition) is 2. The van der Waals surface area contributed by atoms with Crippen molar-refractivity contribution in [3.05, 3.63) is 72.2 Å². The zero-order valence-electron chi connectivity index (χ0n) is 13.7. The van der Waals surface area contributed by atoms with Crippen LogP contribution in [0.5, 0.6) is 0 Å². The van der Waals surface area contributed by atoms with Crippen molar-refractivity contribution in [3.8, 4) is 11.1 Å². The molecule has 0 saturated heterocycles. The van der Waals surface area contributed by atoms with Gasteiger partial charge in [-0.2, -0.15) is 0 Å². The largest absolute Gasteiger partial charge is 0.353 e. The van der Waals surface area contributed by atoms with E-state index in [-0.39, 0.29) is 5.82 Å². The van der Waals surface area contributed by atoms with Gasteiger partial charge in [0.15, 0.2) is 0 Å². The zero-order valence-corrected chi connectivity index (χ0v) is 13.7. The first-order valence-electron chi connectivity index (χ1n) is 7.93. The third-order valence-electron chi connectivity index (χ3n) is 4.42. The molecule has 3 aromatic rings. The maximum Gasteiger partial charge on any atom is 0.140 e. The average Bonchev–Trinajstić information content (AvgIpc) is 2.97. The molecule has 0 atom stereocenters. The number of likely N-dealkylation sites (N-methyl/N-ethyl adjacent to an activating group) is 1. The van der Waals surface area contributed by atoms with Gasteiger partial charge in [0.25, 0.3) is 0 Å². The Bertz CT molecular complexity index is 925. The quantitative estimate of drug-likeness (QED) is 0.685. The lowest BCUT2D eigenvalue weighted by Crippen LogP contribution is -2.30. The number of nitrogens with zero attached hydrogens (tertiary/aromatic N) is 3. The van der Waals surface area contributed by atoms with Gasteiger partial charge in [-0.3, -0.25) is 0 Å². The van der Waals surface area contributed by atoms with Crippen LogP contribution in [0.25, 0.3) is 11.1 Å². The Morgan fingerprint density at radius 1 is 0.917 bits per heavy atom. The Morgan fingerprint density at radius 3 is 2.46 bits per heavy atom. The van der Waals surface area contributed by atoms with E-state index in [0.717, 1.165) is 22.8 Å². The van der Waals surface area contributed by atoms with Gasteiger partial charge in [-0.05, 0) is 11.6 Å². The molecule has 1 aliphatic heterocycles. The van der Waals surface area contributed by atoms with Crippen molar-refractivity contribution < 1.29 is 4.39 Å². The molecule has 2 heterocycles. The van der Waals surface area contributed by atoms with Crippen molar-refractivity contribution in [1.29, 1.82) is 0 Å². The van der Waals surface area contributed by atoms with Crippen molar-refractivity contribution in [1.82, 2.24) is 4.57 Å². The maximum atomic E-state index is 15.1. The molecule has 1 aliphatic rings. The first-order valence-corrected chi connectivity index (χ1v) is 7.93. The highest BCUT2D eigenvalue weighted by Crippen LogP contribution is 2.34. The van der Waals surface area contributed by atoms with Gasteiger partial charge in [-0.25, -0.2) is 9.38 Å². The molecule has 1 aromatic heterocycles. The van der Waals surface area contributed by atoms with Crippen LogP contribution in [0.2, 0.25) is 0 Å². The average molecular weight is 319 g/mol. The third-order valence-corrected chi connectivity index (χ3v) is 4.42. The van der Waals surface area contributed by atoms with Crippen LogP contribution in [0, 0.1) is 5.82 Å². The van der Waals surface area contributed by atoms with Gasteiger partial charge in [0.1, 0.15) is 17.3 Å². The van der Waals surface area contributed by atoms with Gasteiger partial charge in [0, 0.05) is 31.4 Å². The van der Waals surface area contributed by atoms with Crippen molar-refractivity contribution in [2.24, 2.45) is 12.0 Å². The molecule has 0 amide bonds. The Labute approximate surface area is 140 Å². The molecule has 4 rings (SSSR count). The number of hydrogen-bond donors (Lipinski definition) is 0. The summed E-state index contributed by atoms with van der Waals surface area (Å²) in [5.74, 6) is 0.841. The first-order chi connectivity index (χ1) is 11.6. The van der Waals surface area contributed by atoms with Gasteiger partial charge < -0.3 is 9.47 Å². The number of aryl methyl sites for hydroxylation is 1. The smallest absolute Gasteiger partial charge is 0.140 e. The molecule has 0 spiro atoms. The fraction of sp³-hybridized carbons (Fsp3) is 0.150. The van der Waals surface area contributed by atoms with E-state index < -0.39 is 0 Å².